The van der Waals surface area contributed by atoms with E-state index in [9.17, 15) is 9.50 Å². The Hall–Kier alpha value is -0.150. The molecule has 0 aromatic heterocycles. The van der Waals surface area contributed by atoms with E-state index in [4.69, 9.17) is 0 Å². The summed E-state index contributed by atoms with van der Waals surface area (Å²) in [6, 6.07) is 0. The van der Waals surface area contributed by atoms with Crippen molar-refractivity contribution in [1.82, 2.24) is 4.90 Å². The Morgan fingerprint density at radius 2 is 1.62 bits per heavy atom. The number of hydrogen-bond acceptors (Lipinski definition) is 2. The third kappa shape index (κ3) is 3.70. The first kappa shape index (κ1) is 12.3. The molecule has 0 aromatic rings. The van der Waals surface area contributed by atoms with Gasteiger partial charge in [0.1, 0.15) is 6.17 Å². The van der Waals surface area contributed by atoms with E-state index >= 15 is 0 Å². The Morgan fingerprint density at radius 1 is 1.00 bits per heavy atom. The Balaban J connectivity index is 1.60. The van der Waals surface area contributed by atoms with Gasteiger partial charge in [-0.05, 0) is 57.4 Å². The molecule has 1 saturated heterocycles. The number of rotatable bonds is 3. The number of halogens is 1. The minimum atomic E-state index is -0.526. The summed E-state index contributed by atoms with van der Waals surface area (Å²) in [4.78, 5) is 2.45. The summed E-state index contributed by atoms with van der Waals surface area (Å²) in [6.07, 6.45) is 6.21. The summed E-state index contributed by atoms with van der Waals surface area (Å²) in [6.45, 7) is 3.23. The lowest BCUT2D eigenvalue weighted by Gasteiger charge is -2.31. The van der Waals surface area contributed by atoms with Crippen molar-refractivity contribution < 1.29 is 9.50 Å². The molecule has 2 rings (SSSR count). The highest BCUT2D eigenvalue weighted by molar-refractivity contribution is 4.75. The SMILES string of the molecule is OC1CCN(CCC2CCC(F)CC2)CC1. The van der Waals surface area contributed by atoms with Gasteiger partial charge in [0.2, 0.25) is 0 Å². The van der Waals surface area contributed by atoms with Crippen LogP contribution in [0.25, 0.3) is 0 Å². The van der Waals surface area contributed by atoms with Crippen LogP contribution in [0.1, 0.15) is 44.9 Å². The quantitative estimate of drug-likeness (QED) is 0.803. The first-order chi connectivity index (χ1) is 7.74. The smallest absolute Gasteiger partial charge is 0.100 e. The molecule has 1 saturated carbocycles. The van der Waals surface area contributed by atoms with Gasteiger partial charge in [0.05, 0.1) is 6.10 Å². The number of alkyl halides is 1. The normalized spacial score (nSPS) is 34.1. The van der Waals surface area contributed by atoms with Crippen LogP contribution in [-0.2, 0) is 0 Å². The molecule has 3 heteroatoms. The lowest BCUT2D eigenvalue weighted by atomic mass is 9.86. The van der Waals surface area contributed by atoms with Crippen LogP contribution in [0.5, 0.6) is 0 Å². The van der Waals surface area contributed by atoms with Gasteiger partial charge in [-0.2, -0.15) is 0 Å². The number of nitrogens with zero attached hydrogens (tertiary/aromatic N) is 1. The Bertz CT molecular complexity index is 174. The molecule has 2 fully saturated rings. The largest absolute Gasteiger partial charge is 0.393 e. The lowest BCUT2D eigenvalue weighted by molar-refractivity contribution is 0.0773. The second-order valence-electron chi connectivity index (χ2n) is 5.48. The van der Waals surface area contributed by atoms with E-state index < -0.39 is 6.17 Å². The minimum Gasteiger partial charge on any atom is -0.393 e. The third-order valence-electron chi connectivity index (χ3n) is 4.19. The molecule has 0 unspecified atom stereocenters. The number of likely N-dealkylation sites (tertiary alicyclic amines) is 1. The van der Waals surface area contributed by atoms with Crippen LogP contribution >= 0.6 is 0 Å². The van der Waals surface area contributed by atoms with Crippen LogP contribution in [0.2, 0.25) is 0 Å². The van der Waals surface area contributed by atoms with Crippen LogP contribution in [0.15, 0.2) is 0 Å². The van der Waals surface area contributed by atoms with Crippen LogP contribution in [-0.4, -0.2) is 41.9 Å². The molecule has 0 atom stereocenters. The first-order valence-electron chi connectivity index (χ1n) is 6.78. The van der Waals surface area contributed by atoms with Crippen molar-refractivity contribution in [2.24, 2.45) is 5.92 Å². The van der Waals surface area contributed by atoms with Gasteiger partial charge in [-0.25, -0.2) is 4.39 Å². The van der Waals surface area contributed by atoms with E-state index in [1.807, 2.05) is 0 Å². The molecule has 1 N–H and O–H groups in total. The standard InChI is InChI=1S/C13H24FNO/c14-12-3-1-11(2-4-12)5-8-15-9-6-13(16)7-10-15/h11-13,16H,1-10H2. The second-order valence-corrected chi connectivity index (χ2v) is 5.48. The number of aliphatic hydroxyl groups is 1. The number of hydrogen-bond donors (Lipinski definition) is 1. The van der Waals surface area contributed by atoms with Crippen molar-refractivity contribution in [3.05, 3.63) is 0 Å². The predicted molar refractivity (Wildman–Crippen MR) is 63.2 cm³/mol. The predicted octanol–water partition coefficient (Wildman–Crippen LogP) is 2.36. The topological polar surface area (TPSA) is 23.5 Å². The van der Waals surface area contributed by atoms with Crippen LogP contribution in [0, 0.1) is 5.92 Å². The highest BCUT2D eigenvalue weighted by Crippen LogP contribution is 2.28. The fourth-order valence-electron chi connectivity index (χ4n) is 2.92. The van der Waals surface area contributed by atoms with Gasteiger partial charge in [0.15, 0.2) is 0 Å². The van der Waals surface area contributed by atoms with Crippen molar-refractivity contribution in [3.8, 4) is 0 Å². The van der Waals surface area contributed by atoms with E-state index in [0.717, 1.165) is 64.1 Å². The van der Waals surface area contributed by atoms with Crippen LogP contribution in [0.4, 0.5) is 4.39 Å². The molecular formula is C13H24FNO. The summed E-state index contributed by atoms with van der Waals surface area (Å²) in [5.41, 5.74) is 0. The van der Waals surface area contributed by atoms with Crippen LogP contribution in [0.3, 0.4) is 0 Å². The molecule has 0 radical (unpaired) electrons. The average molecular weight is 229 g/mol. The molecule has 0 aromatic carbocycles. The summed E-state index contributed by atoms with van der Waals surface area (Å²) in [7, 11) is 0. The van der Waals surface area contributed by atoms with Gasteiger partial charge >= 0.3 is 0 Å². The average Bonchev–Trinajstić information content (AvgIpc) is 2.30. The zero-order valence-corrected chi connectivity index (χ0v) is 10.1. The fraction of sp³-hybridized carbons (Fsp3) is 1.00. The van der Waals surface area contributed by atoms with Gasteiger partial charge < -0.3 is 10.0 Å². The molecule has 16 heavy (non-hydrogen) atoms. The van der Waals surface area contributed by atoms with Crippen molar-refractivity contribution in [3.63, 3.8) is 0 Å². The van der Waals surface area contributed by atoms with Crippen molar-refractivity contribution in [1.29, 1.82) is 0 Å². The van der Waals surface area contributed by atoms with E-state index in [-0.39, 0.29) is 6.10 Å². The van der Waals surface area contributed by atoms with E-state index in [1.165, 1.54) is 6.42 Å². The Morgan fingerprint density at radius 3 is 2.25 bits per heavy atom. The third-order valence-corrected chi connectivity index (χ3v) is 4.19. The molecule has 94 valence electrons. The summed E-state index contributed by atoms with van der Waals surface area (Å²) >= 11 is 0. The van der Waals surface area contributed by atoms with Crippen molar-refractivity contribution >= 4 is 0 Å². The summed E-state index contributed by atoms with van der Waals surface area (Å²) in [5.74, 6) is 0.749. The van der Waals surface area contributed by atoms with Crippen molar-refractivity contribution in [2.45, 2.75) is 57.2 Å². The molecule has 1 heterocycles. The lowest BCUT2D eigenvalue weighted by Crippen LogP contribution is -2.37. The van der Waals surface area contributed by atoms with Crippen LogP contribution < -0.4 is 0 Å². The van der Waals surface area contributed by atoms with Gasteiger partial charge in [-0.15, -0.1) is 0 Å². The maximum Gasteiger partial charge on any atom is 0.100 e. The molecule has 1 aliphatic heterocycles. The minimum absolute atomic E-state index is 0.0711. The molecular weight excluding hydrogens is 205 g/mol. The highest BCUT2D eigenvalue weighted by Gasteiger charge is 2.22. The maximum absolute atomic E-state index is 13.0. The van der Waals surface area contributed by atoms with Crippen molar-refractivity contribution in [2.75, 3.05) is 19.6 Å². The first-order valence-corrected chi connectivity index (χ1v) is 6.78. The fourth-order valence-corrected chi connectivity index (χ4v) is 2.92. The Labute approximate surface area is 97.8 Å². The molecule has 1 aliphatic carbocycles. The summed E-state index contributed by atoms with van der Waals surface area (Å²) < 4.78 is 13.0. The van der Waals surface area contributed by atoms with Gasteiger partial charge in [-0.3, -0.25) is 0 Å². The maximum atomic E-state index is 13.0. The van der Waals surface area contributed by atoms with Gasteiger partial charge in [0.25, 0.3) is 0 Å². The van der Waals surface area contributed by atoms with Gasteiger partial charge in [-0.1, -0.05) is 0 Å². The zero-order valence-electron chi connectivity index (χ0n) is 10.1. The zero-order chi connectivity index (χ0) is 11.4. The number of piperidine rings is 1. The number of aliphatic hydroxyl groups excluding tert-OH is 1. The van der Waals surface area contributed by atoms with E-state index in [1.54, 1.807) is 0 Å². The summed E-state index contributed by atoms with van der Waals surface area (Å²) in [5, 5.41) is 9.40. The molecule has 0 spiro atoms. The molecule has 0 bridgehead atoms. The Kier molecular flexibility index (Phi) is 4.59. The van der Waals surface area contributed by atoms with Gasteiger partial charge in [0, 0.05) is 13.1 Å². The second kappa shape index (κ2) is 5.97. The molecule has 0 amide bonds. The van der Waals surface area contributed by atoms with E-state index in [2.05, 4.69) is 4.90 Å². The molecule has 2 nitrogen and oxygen atoms in total. The highest BCUT2D eigenvalue weighted by atomic mass is 19.1. The molecule has 2 aliphatic rings. The van der Waals surface area contributed by atoms with E-state index in [0.29, 0.717) is 0 Å². The monoisotopic (exact) mass is 229 g/mol.